The normalized spacial score (nSPS) is 10.7. The Hall–Kier alpha value is -4.07. The van der Waals surface area contributed by atoms with Gasteiger partial charge < -0.3 is 10.1 Å². The van der Waals surface area contributed by atoms with E-state index in [1.807, 2.05) is 55.5 Å². The fraction of sp³-hybridized carbons (Fsp3) is 0.0952. The molecule has 4 rings (SSSR count). The van der Waals surface area contributed by atoms with E-state index in [0.717, 1.165) is 16.6 Å². The van der Waals surface area contributed by atoms with Crippen LogP contribution in [0.3, 0.4) is 0 Å². The molecule has 0 amide bonds. The second-order valence-electron chi connectivity index (χ2n) is 6.35. The summed E-state index contributed by atoms with van der Waals surface area (Å²) in [6.07, 6.45) is 1.24. The van der Waals surface area contributed by atoms with Crippen molar-refractivity contribution in [3.63, 3.8) is 0 Å². The molecule has 2 heterocycles. The first-order chi connectivity index (χ1) is 14.1. The lowest BCUT2D eigenvalue weighted by molar-refractivity contribution is -0.385. The summed E-state index contributed by atoms with van der Waals surface area (Å²) < 4.78 is 5.84. The number of nitrogens with one attached hydrogen (secondary N) is 1. The Bertz CT molecular complexity index is 1180. The number of anilines is 1. The van der Waals surface area contributed by atoms with Gasteiger partial charge in [0.05, 0.1) is 4.92 Å². The average molecular weight is 387 g/mol. The zero-order valence-corrected chi connectivity index (χ0v) is 15.6. The minimum Gasteiger partial charge on any atom is -0.431 e. The van der Waals surface area contributed by atoms with Crippen molar-refractivity contribution in [3.8, 4) is 11.6 Å². The number of ether oxygens (including phenoxy) is 1. The topological polar surface area (TPSA) is 103 Å². The highest BCUT2D eigenvalue weighted by atomic mass is 16.6. The molecule has 8 nitrogen and oxygen atoms in total. The second kappa shape index (κ2) is 7.89. The number of aromatic nitrogens is 3. The fourth-order valence-electron chi connectivity index (χ4n) is 2.92. The molecule has 29 heavy (non-hydrogen) atoms. The van der Waals surface area contributed by atoms with Crippen molar-refractivity contribution >= 4 is 22.4 Å². The van der Waals surface area contributed by atoms with Crippen LogP contribution in [0.1, 0.15) is 11.3 Å². The maximum atomic E-state index is 11.8. The minimum absolute atomic E-state index is 0.0910. The molecule has 4 aromatic rings. The molecule has 144 valence electrons. The van der Waals surface area contributed by atoms with Crippen LogP contribution in [-0.4, -0.2) is 19.9 Å². The molecule has 0 fully saturated rings. The van der Waals surface area contributed by atoms with Crippen LogP contribution in [0, 0.1) is 17.0 Å². The van der Waals surface area contributed by atoms with E-state index >= 15 is 0 Å². The van der Waals surface area contributed by atoms with E-state index in [4.69, 9.17) is 4.74 Å². The van der Waals surface area contributed by atoms with Crippen LogP contribution in [0.4, 0.5) is 11.5 Å². The highest BCUT2D eigenvalue weighted by molar-refractivity contribution is 5.85. The van der Waals surface area contributed by atoms with Crippen molar-refractivity contribution in [2.75, 3.05) is 5.32 Å². The monoisotopic (exact) mass is 387 g/mol. The molecule has 0 saturated carbocycles. The van der Waals surface area contributed by atoms with Crippen LogP contribution >= 0.6 is 0 Å². The number of para-hydroxylation sites is 1. The van der Waals surface area contributed by atoms with Gasteiger partial charge in [0, 0.05) is 17.6 Å². The Morgan fingerprint density at radius 1 is 1.03 bits per heavy atom. The number of nitrogens with zero attached hydrogens (tertiary/aromatic N) is 4. The molecule has 0 radical (unpaired) electrons. The molecule has 1 N–H and O–H groups in total. The van der Waals surface area contributed by atoms with Gasteiger partial charge in [-0.25, -0.2) is 9.97 Å². The summed E-state index contributed by atoms with van der Waals surface area (Å²) in [5, 5.41) is 15.6. The van der Waals surface area contributed by atoms with E-state index in [1.165, 1.54) is 6.33 Å². The van der Waals surface area contributed by atoms with E-state index in [9.17, 15) is 10.1 Å². The van der Waals surface area contributed by atoms with Gasteiger partial charge in [-0.3, -0.25) is 10.1 Å². The van der Waals surface area contributed by atoms with Gasteiger partial charge in [-0.05, 0) is 24.6 Å². The second-order valence-corrected chi connectivity index (χ2v) is 6.35. The number of hydrogen-bond acceptors (Lipinski definition) is 7. The van der Waals surface area contributed by atoms with Gasteiger partial charge in [-0.2, -0.15) is 4.98 Å². The average Bonchev–Trinajstić information content (AvgIpc) is 2.73. The highest BCUT2D eigenvalue weighted by Gasteiger charge is 2.25. The van der Waals surface area contributed by atoms with Gasteiger partial charge in [0.2, 0.25) is 5.82 Å². The third-order valence-corrected chi connectivity index (χ3v) is 4.30. The summed E-state index contributed by atoms with van der Waals surface area (Å²) in [5.74, 6) is 0.339. The van der Waals surface area contributed by atoms with Crippen molar-refractivity contribution < 1.29 is 9.66 Å². The summed E-state index contributed by atoms with van der Waals surface area (Å²) in [6.45, 7) is 2.25. The van der Waals surface area contributed by atoms with Crippen molar-refractivity contribution in [2.45, 2.75) is 13.5 Å². The third kappa shape index (κ3) is 3.96. The summed E-state index contributed by atoms with van der Waals surface area (Å²) in [6, 6.07) is 18.8. The molecule has 0 bridgehead atoms. The van der Waals surface area contributed by atoms with E-state index in [1.54, 1.807) is 12.1 Å². The molecule has 2 aromatic carbocycles. The summed E-state index contributed by atoms with van der Waals surface area (Å²) in [7, 11) is 0. The lowest BCUT2D eigenvalue weighted by Crippen LogP contribution is -2.07. The molecule has 0 spiro atoms. The van der Waals surface area contributed by atoms with Gasteiger partial charge in [-0.15, -0.1) is 0 Å². The van der Waals surface area contributed by atoms with Gasteiger partial charge >= 0.3 is 11.6 Å². The lowest BCUT2D eigenvalue weighted by atomic mass is 10.2. The Labute approximate surface area is 166 Å². The molecule has 0 saturated heterocycles. The Balaban J connectivity index is 1.69. The summed E-state index contributed by atoms with van der Waals surface area (Å²) in [5.41, 5.74) is 2.07. The minimum atomic E-state index is -0.549. The zero-order valence-electron chi connectivity index (χ0n) is 15.6. The Morgan fingerprint density at radius 3 is 2.66 bits per heavy atom. The van der Waals surface area contributed by atoms with Crippen molar-refractivity contribution in [1.29, 1.82) is 0 Å². The van der Waals surface area contributed by atoms with Gasteiger partial charge in [0.25, 0.3) is 0 Å². The first-order valence-corrected chi connectivity index (χ1v) is 8.93. The molecular formula is C21H17N5O3. The van der Waals surface area contributed by atoms with Crippen LogP contribution in [0.25, 0.3) is 10.9 Å². The van der Waals surface area contributed by atoms with Crippen LogP contribution < -0.4 is 10.1 Å². The summed E-state index contributed by atoms with van der Waals surface area (Å²) in [4.78, 5) is 23.7. The van der Waals surface area contributed by atoms with Crippen LogP contribution in [-0.2, 0) is 6.54 Å². The molecule has 0 atom stereocenters. The zero-order chi connectivity index (χ0) is 20.2. The van der Waals surface area contributed by atoms with Gasteiger partial charge in [0.15, 0.2) is 5.75 Å². The van der Waals surface area contributed by atoms with Crippen molar-refractivity contribution in [3.05, 3.63) is 88.4 Å². The van der Waals surface area contributed by atoms with E-state index < -0.39 is 4.92 Å². The molecule has 0 aliphatic heterocycles. The molecule has 0 aliphatic rings. The molecule has 0 aliphatic carbocycles. The van der Waals surface area contributed by atoms with Gasteiger partial charge in [0.1, 0.15) is 11.8 Å². The van der Waals surface area contributed by atoms with Crippen molar-refractivity contribution in [1.82, 2.24) is 15.0 Å². The molecule has 2 aromatic heterocycles. The number of rotatable bonds is 6. The highest BCUT2D eigenvalue weighted by Crippen LogP contribution is 2.36. The Kier molecular flexibility index (Phi) is 4.98. The molecule has 0 unspecified atom stereocenters. The predicted octanol–water partition coefficient (Wildman–Crippen LogP) is 4.65. The maximum Gasteiger partial charge on any atom is 0.373 e. The van der Waals surface area contributed by atoms with Crippen LogP contribution in [0.15, 0.2) is 67.0 Å². The standard InChI is InChI=1S/C21H17N5O3/c1-14-10-11-16-8-5-9-17(18(16)25-14)29-21-19(26(27)28)20(23-13-24-21)22-12-15-6-3-2-4-7-15/h2-11,13H,12H2,1H3,(H,22,23,24). The van der Waals surface area contributed by atoms with Crippen molar-refractivity contribution in [2.24, 2.45) is 0 Å². The number of aryl methyl sites for hydroxylation is 1. The van der Waals surface area contributed by atoms with Gasteiger partial charge in [-0.1, -0.05) is 48.5 Å². The molecular weight excluding hydrogens is 370 g/mol. The Morgan fingerprint density at radius 2 is 1.86 bits per heavy atom. The largest absolute Gasteiger partial charge is 0.431 e. The number of hydrogen-bond donors (Lipinski definition) is 1. The number of pyridine rings is 1. The number of fused-ring (bicyclic) bond motifs is 1. The number of nitro groups is 1. The first kappa shape index (κ1) is 18.3. The van der Waals surface area contributed by atoms with Crippen LogP contribution in [0.5, 0.6) is 11.6 Å². The van der Waals surface area contributed by atoms with E-state index in [0.29, 0.717) is 17.8 Å². The molecule has 8 heteroatoms. The fourth-order valence-corrected chi connectivity index (χ4v) is 2.92. The predicted molar refractivity (Wildman–Crippen MR) is 109 cm³/mol. The number of benzene rings is 2. The maximum absolute atomic E-state index is 11.8. The first-order valence-electron chi connectivity index (χ1n) is 8.93. The third-order valence-electron chi connectivity index (χ3n) is 4.30. The lowest BCUT2D eigenvalue weighted by Gasteiger charge is -2.11. The van der Waals surface area contributed by atoms with E-state index in [-0.39, 0.29) is 17.4 Å². The smallest absolute Gasteiger partial charge is 0.373 e. The SMILES string of the molecule is Cc1ccc2cccc(Oc3ncnc(NCc4ccccc4)c3[N+](=O)[O-])c2n1. The van der Waals surface area contributed by atoms with Crippen LogP contribution in [0.2, 0.25) is 0 Å². The quantitative estimate of drug-likeness (QED) is 0.379. The summed E-state index contributed by atoms with van der Waals surface area (Å²) >= 11 is 0. The van der Waals surface area contributed by atoms with E-state index in [2.05, 4.69) is 20.3 Å².